The smallest absolute Gasteiger partial charge is 0.323 e. The predicted molar refractivity (Wildman–Crippen MR) is 83.2 cm³/mol. The first-order chi connectivity index (χ1) is 10.1. The molecule has 0 bridgehead atoms. The van der Waals surface area contributed by atoms with Gasteiger partial charge < -0.3 is 16.4 Å². The molecule has 4 N–H and O–H groups in total. The standard InChI is InChI=1S/C16H16FN3O/c1-11-6-7-15(14(18)10-11)20-16(21)19-9-8-12-4-2-3-5-13(12)17/h2-10H,18H2,1H3,(H2,19,20,21)/b9-8+. The second-order valence-corrected chi connectivity index (χ2v) is 4.54. The van der Waals surface area contributed by atoms with Crippen LogP contribution in [0.5, 0.6) is 0 Å². The molecular weight excluding hydrogens is 269 g/mol. The van der Waals surface area contributed by atoms with Crippen molar-refractivity contribution in [2.45, 2.75) is 6.92 Å². The van der Waals surface area contributed by atoms with Gasteiger partial charge >= 0.3 is 6.03 Å². The van der Waals surface area contributed by atoms with E-state index in [0.717, 1.165) is 5.56 Å². The molecule has 0 aromatic heterocycles. The maximum atomic E-state index is 13.4. The first kappa shape index (κ1) is 14.6. The number of rotatable bonds is 3. The van der Waals surface area contributed by atoms with Crippen molar-refractivity contribution in [1.29, 1.82) is 0 Å². The number of carbonyl (C=O) groups excluding carboxylic acids is 1. The topological polar surface area (TPSA) is 67.2 Å². The zero-order chi connectivity index (χ0) is 15.2. The number of aryl methyl sites for hydroxylation is 1. The molecule has 5 heteroatoms. The average molecular weight is 285 g/mol. The van der Waals surface area contributed by atoms with Crippen molar-refractivity contribution in [1.82, 2.24) is 5.32 Å². The molecule has 4 nitrogen and oxygen atoms in total. The molecule has 0 atom stereocenters. The number of benzene rings is 2. The van der Waals surface area contributed by atoms with Gasteiger partial charge in [0.2, 0.25) is 0 Å². The minimum atomic E-state index is -0.446. The van der Waals surface area contributed by atoms with Crippen molar-refractivity contribution in [2.24, 2.45) is 0 Å². The highest BCUT2D eigenvalue weighted by Gasteiger charge is 2.03. The number of nitrogen functional groups attached to an aromatic ring is 1. The summed E-state index contributed by atoms with van der Waals surface area (Å²) in [7, 11) is 0. The molecule has 2 amide bonds. The van der Waals surface area contributed by atoms with Gasteiger partial charge in [-0.15, -0.1) is 0 Å². The number of nitrogens with two attached hydrogens (primary N) is 1. The SMILES string of the molecule is Cc1ccc(NC(=O)N/C=C/c2ccccc2F)c(N)c1. The molecule has 0 aliphatic heterocycles. The Hall–Kier alpha value is -2.82. The van der Waals surface area contributed by atoms with E-state index in [1.807, 2.05) is 13.0 Å². The van der Waals surface area contributed by atoms with E-state index in [-0.39, 0.29) is 5.82 Å². The van der Waals surface area contributed by atoms with Gasteiger partial charge in [-0.2, -0.15) is 0 Å². The summed E-state index contributed by atoms with van der Waals surface area (Å²) in [5, 5.41) is 5.11. The molecule has 0 aliphatic rings. The van der Waals surface area contributed by atoms with Crippen LogP contribution in [-0.4, -0.2) is 6.03 Å². The van der Waals surface area contributed by atoms with Crippen LogP contribution in [0.2, 0.25) is 0 Å². The number of amides is 2. The fourth-order valence-corrected chi connectivity index (χ4v) is 1.77. The van der Waals surface area contributed by atoms with Crippen molar-refractivity contribution >= 4 is 23.5 Å². The maximum Gasteiger partial charge on any atom is 0.323 e. The normalized spacial score (nSPS) is 10.6. The lowest BCUT2D eigenvalue weighted by molar-refractivity contribution is 0.255. The fraction of sp³-hybridized carbons (Fsp3) is 0.0625. The zero-order valence-electron chi connectivity index (χ0n) is 11.6. The number of anilines is 2. The van der Waals surface area contributed by atoms with Gasteiger partial charge in [0.15, 0.2) is 0 Å². The molecule has 2 aromatic carbocycles. The van der Waals surface area contributed by atoms with Crippen molar-refractivity contribution in [3.63, 3.8) is 0 Å². The minimum absolute atomic E-state index is 0.348. The van der Waals surface area contributed by atoms with Crippen LogP contribution in [0.3, 0.4) is 0 Å². The van der Waals surface area contributed by atoms with Crippen LogP contribution >= 0.6 is 0 Å². The van der Waals surface area contributed by atoms with Gasteiger partial charge in [0.25, 0.3) is 0 Å². The lowest BCUT2D eigenvalue weighted by Crippen LogP contribution is -2.24. The summed E-state index contributed by atoms with van der Waals surface area (Å²) in [4.78, 5) is 11.7. The quantitative estimate of drug-likeness (QED) is 0.755. The van der Waals surface area contributed by atoms with Gasteiger partial charge in [-0.05, 0) is 36.8 Å². The number of urea groups is 1. The van der Waals surface area contributed by atoms with Gasteiger partial charge in [-0.25, -0.2) is 9.18 Å². The maximum absolute atomic E-state index is 13.4. The van der Waals surface area contributed by atoms with Crippen LogP contribution < -0.4 is 16.4 Å². The van der Waals surface area contributed by atoms with E-state index in [1.54, 1.807) is 30.3 Å². The van der Waals surface area contributed by atoms with Gasteiger partial charge in [0.1, 0.15) is 5.82 Å². The summed E-state index contributed by atoms with van der Waals surface area (Å²) in [5.74, 6) is -0.348. The van der Waals surface area contributed by atoms with Gasteiger partial charge in [-0.3, -0.25) is 0 Å². The number of hydrogen-bond donors (Lipinski definition) is 3. The molecular formula is C16H16FN3O. The molecule has 0 radical (unpaired) electrons. The fourth-order valence-electron chi connectivity index (χ4n) is 1.77. The molecule has 108 valence electrons. The van der Waals surface area contributed by atoms with Gasteiger partial charge in [0, 0.05) is 11.8 Å². The van der Waals surface area contributed by atoms with E-state index >= 15 is 0 Å². The van der Waals surface area contributed by atoms with Gasteiger partial charge in [0.05, 0.1) is 11.4 Å². The largest absolute Gasteiger partial charge is 0.397 e. The zero-order valence-corrected chi connectivity index (χ0v) is 11.6. The highest BCUT2D eigenvalue weighted by molar-refractivity contribution is 5.93. The van der Waals surface area contributed by atoms with E-state index < -0.39 is 6.03 Å². The summed E-state index contributed by atoms with van der Waals surface area (Å²) in [6.45, 7) is 1.91. The van der Waals surface area contributed by atoms with E-state index in [0.29, 0.717) is 16.9 Å². The summed E-state index contributed by atoms with van der Waals surface area (Å²) in [6, 6.07) is 11.2. The molecule has 0 aliphatic carbocycles. The lowest BCUT2D eigenvalue weighted by atomic mass is 10.2. The summed E-state index contributed by atoms with van der Waals surface area (Å²) in [5.41, 5.74) is 8.22. The molecule has 21 heavy (non-hydrogen) atoms. The number of halogens is 1. The molecule has 0 heterocycles. The Morgan fingerprint density at radius 2 is 2.00 bits per heavy atom. The first-order valence-corrected chi connectivity index (χ1v) is 6.41. The van der Waals surface area contributed by atoms with E-state index in [9.17, 15) is 9.18 Å². The molecule has 0 unspecified atom stereocenters. The van der Waals surface area contributed by atoms with E-state index in [2.05, 4.69) is 10.6 Å². The van der Waals surface area contributed by atoms with Crippen LogP contribution in [0.4, 0.5) is 20.6 Å². The average Bonchev–Trinajstić information content (AvgIpc) is 2.44. The van der Waals surface area contributed by atoms with Crippen LogP contribution in [0, 0.1) is 12.7 Å². The number of hydrogen-bond acceptors (Lipinski definition) is 2. The molecule has 0 spiro atoms. The molecule has 0 saturated heterocycles. The Kier molecular flexibility index (Phi) is 4.56. The highest BCUT2D eigenvalue weighted by atomic mass is 19.1. The van der Waals surface area contributed by atoms with Crippen LogP contribution in [0.15, 0.2) is 48.7 Å². The highest BCUT2D eigenvalue weighted by Crippen LogP contribution is 2.19. The van der Waals surface area contributed by atoms with Crippen molar-refractivity contribution < 1.29 is 9.18 Å². The van der Waals surface area contributed by atoms with E-state index in [1.165, 1.54) is 18.3 Å². The van der Waals surface area contributed by atoms with Crippen LogP contribution in [-0.2, 0) is 0 Å². The summed E-state index contributed by atoms with van der Waals surface area (Å²) >= 11 is 0. The molecule has 2 rings (SSSR count). The monoisotopic (exact) mass is 285 g/mol. The Balaban J connectivity index is 1.95. The third-order valence-electron chi connectivity index (χ3n) is 2.84. The van der Waals surface area contributed by atoms with Gasteiger partial charge in [-0.1, -0.05) is 24.3 Å². The van der Waals surface area contributed by atoms with Crippen molar-refractivity contribution in [2.75, 3.05) is 11.1 Å². The van der Waals surface area contributed by atoms with Crippen molar-refractivity contribution in [3.05, 3.63) is 65.6 Å². The van der Waals surface area contributed by atoms with Crippen LogP contribution in [0.25, 0.3) is 6.08 Å². The lowest BCUT2D eigenvalue weighted by Gasteiger charge is -2.08. The Labute approximate surface area is 122 Å². The first-order valence-electron chi connectivity index (χ1n) is 6.41. The van der Waals surface area contributed by atoms with Crippen molar-refractivity contribution in [3.8, 4) is 0 Å². The van der Waals surface area contributed by atoms with E-state index in [4.69, 9.17) is 5.73 Å². The minimum Gasteiger partial charge on any atom is -0.397 e. The Morgan fingerprint density at radius 1 is 1.24 bits per heavy atom. The number of carbonyl (C=O) groups is 1. The van der Waals surface area contributed by atoms with Crippen LogP contribution in [0.1, 0.15) is 11.1 Å². The second kappa shape index (κ2) is 6.56. The molecule has 0 saturated carbocycles. The predicted octanol–water partition coefficient (Wildman–Crippen LogP) is 3.51. The molecule has 2 aromatic rings. The third kappa shape index (κ3) is 4.07. The summed E-state index contributed by atoms with van der Waals surface area (Å²) < 4.78 is 13.4. The number of nitrogens with one attached hydrogen (secondary N) is 2. The third-order valence-corrected chi connectivity index (χ3v) is 2.84. The Bertz CT molecular complexity index is 683. The second-order valence-electron chi connectivity index (χ2n) is 4.54. The summed E-state index contributed by atoms with van der Waals surface area (Å²) in [6.07, 6.45) is 2.85. The Morgan fingerprint density at radius 3 is 2.71 bits per heavy atom. The molecule has 0 fully saturated rings.